The summed E-state index contributed by atoms with van der Waals surface area (Å²) in [7, 11) is 0. The summed E-state index contributed by atoms with van der Waals surface area (Å²) in [5, 5.41) is 0. The molecule has 1 unspecified atom stereocenters. The van der Waals surface area contributed by atoms with E-state index in [1.807, 2.05) is 0 Å². The molecule has 0 amide bonds. The van der Waals surface area contributed by atoms with Crippen molar-refractivity contribution in [3.8, 4) is 0 Å². The zero-order valence-corrected chi connectivity index (χ0v) is 10.6. The van der Waals surface area contributed by atoms with Crippen LogP contribution in [0.1, 0.15) is 58.3 Å². The van der Waals surface area contributed by atoms with Crippen LogP contribution in [0.4, 0.5) is 0 Å². The van der Waals surface area contributed by atoms with Crippen molar-refractivity contribution in [1.29, 1.82) is 0 Å². The molecule has 1 saturated heterocycles. The molecule has 1 aliphatic heterocycles. The standard InChI is InChI=1S/C14H25NO/c1-13-7-6-10-15(13)11-14(12-16)8-4-2-3-5-9-14/h12-13H,2-11H2,1H3. The first-order chi connectivity index (χ1) is 7.76. The number of likely N-dealkylation sites (tertiary alicyclic amines) is 1. The van der Waals surface area contributed by atoms with Crippen LogP contribution < -0.4 is 0 Å². The first kappa shape index (κ1) is 12.1. The van der Waals surface area contributed by atoms with Crippen LogP contribution in [0.25, 0.3) is 0 Å². The summed E-state index contributed by atoms with van der Waals surface area (Å²) in [6, 6.07) is 0.695. The summed E-state index contributed by atoms with van der Waals surface area (Å²) in [6.45, 7) is 4.54. The molecule has 1 atom stereocenters. The molecule has 2 heteroatoms. The third-order valence-electron chi connectivity index (χ3n) is 4.56. The molecule has 1 heterocycles. The lowest BCUT2D eigenvalue weighted by molar-refractivity contribution is -0.118. The van der Waals surface area contributed by atoms with Crippen LogP contribution in [0, 0.1) is 5.41 Å². The van der Waals surface area contributed by atoms with Gasteiger partial charge in [0, 0.05) is 18.0 Å². The van der Waals surface area contributed by atoms with Gasteiger partial charge in [-0.1, -0.05) is 25.7 Å². The first-order valence-corrected chi connectivity index (χ1v) is 6.96. The van der Waals surface area contributed by atoms with Crippen LogP contribution in [-0.4, -0.2) is 30.3 Å². The van der Waals surface area contributed by atoms with Gasteiger partial charge in [0.05, 0.1) is 0 Å². The first-order valence-electron chi connectivity index (χ1n) is 6.96. The summed E-state index contributed by atoms with van der Waals surface area (Å²) in [5.74, 6) is 0. The Balaban J connectivity index is 1.99. The molecular formula is C14H25NO. The Kier molecular flexibility index (Phi) is 4.01. The number of rotatable bonds is 3. The molecule has 2 nitrogen and oxygen atoms in total. The molecule has 2 fully saturated rings. The van der Waals surface area contributed by atoms with Gasteiger partial charge in [-0.2, -0.15) is 0 Å². The fourth-order valence-electron chi connectivity index (χ4n) is 3.38. The predicted molar refractivity (Wildman–Crippen MR) is 66.5 cm³/mol. The van der Waals surface area contributed by atoms with Crippen LogP contribution in [-0.2, 0) is 4.79 Å². The van der Waals surface area contributed by atoms with Crippen molar-refractivity contribution in [1.82, 2.24) is 4.90 Å². The Morgan fingerprint density at radius 1 is 1.19 bits per heavy atom. The lowest BCUT2D eigenvalue weighted by Crippen LogP contribution is -2.40. The molecule has 0 aromatic rings. The molecule has 0 bridgehead atoms. The van der Waals surface area contributed by atoms with E-state index >= 15 is 0 Å². The summed E-state index contributed by atoms with van der Waals surface area (Å²) in [6.07, 6.45) is 11.3. The minimum Gasteiger partial charge on any atom is -0.303 e. The monoisotopic (exact) mass is 223 g/mol. The maximum absolute atomic E-state index is 11.5. The van der Waals surface area contributed by atoms with Crippen molar-refractivity contribution in [2.45, 2.75) is 64.3 Å². The zero-order chi connectivity index (χ0) is 11.4. The van der Waals surface area contributed by atoms with Gasteiger partial charge in [-0.05, 0) is 39.2 Å². The molecule has 16 heavy (non-hydrogen) atoms. The van der Waals surface area contributed by atoms with Gasteiger partial charge in [-0.15, -0.1) is 0 Å². The van der Waals surface area contributed by atoms with E-state index in [2.05, 4.69) is 11.8 Å². The number of carbonyl (C=O) groups is 1. The summed E-state index contributed by atoms with van der Waals surface area (Å²) >= 11 is 0. The quantitative estimate of drug-likeness (QED) is 0.541. The van der Waals surface area contributed by atoms with E-state index in [-0.39, 0.29) is 5.41 Å². The average Bonchev–Trinajstić information content (AvgIpc) is 2.56. The Morgan fingerprint density at radius 2 is 1.88 bits per heavy atom. The van der Waals surface area contributed by atoms with E-state index in [0.717, 1.165) is 19.4 Å². The third kappa shape index (κ3) is 2.65. The van der Waals surface area contributed by atoms with Gasteiger partial charge in [-0.25, -0.2) is 0 Å². The highest BCUT2D eigenvalue weighted by molar-refractivity contribution is 5.59. The molecule has 2 rings (SSSR count). The van der Waals surface area contributed by atoms with Gasteiger partial charge in [-0.3, -0.25) is 4.90 Å². The number of carbonyl (C=O) groups excluding carboxylic acids is 1. The Morgan fingerprint density at radius 3 is 2.38 bits per heavy atom. The van der Waals surface area contributed by atoms with E-state index in [1.54, 1.807) is 0 Å². The normalized spacial score (nSPS) is 31.2. The number of hydrogen-bond donors (Lipinski definition) is 0. The second-order valence-electron chi connectivity index (χ2n) is 5.86. The lowest BCUT2D eigenvalue weighted by atomic mass is 9.81. The highest BCUT2D eigenvalue weighted by atomic mass is 16.1. The summed E-state index contributed by atoms with van der Waals surface area (Å²) < 4.78 is 0. The van der Waals surface area contributed by atoms with Crippen LogP contribution in [0.15, 0.2) is 0 Å². The highest BCUT2D eigenvalue weighted by Gasteiger charge is 2.35. The fraction of sp³-hybridized carbons (Fsp3) is 0.929. The van der Waals surface area contributed by atoms with Crippen molar-refractivity contribution in [2.75, 3.05) is 13.1 Å². The maximum Gasteiger partial charge on any atom is 0.127 e. The maximum atomic E-state index is 11.5. The molecule has 92 valence electrons. The molecule has 0 N–H and O–H groups in total. The second kappa shape index (κ2) is 5.31. The van der Waals surface area contributed by atoms with Crippen molar-refractivity contribution in [3.05, 3.63) is 0 Å². The zero-order valence-electron chi connectivity index (χ0n) is 10.6. The Labute approximate surface area is 99.4 Å². The van der Waals surface area contributed by atoms with Crippen molar-refractivity contribution >= 4 is 6.29 Å². The van der Waals surface area contributed by atoms with E-state index in [0.29, 0.717) is 6.04 Å². The minimum absolute atomic E-state index is 0.00486. The highest BCUT2D eigenvalue weighted by Crippen LogP contribution is 2.35. The van der Waals surface area contributed by atoms with Crippen molar-refractivity contribution < 1.29 is 4.79 Å². The molecule has 0 spiro atoms. The van der Waals surface area contributed by atoms with Crippen LogP contribution in [0.2, 0.25) is 0 Å². The Hall–Kier alpha value is -0.370. The molecule has 2 aliphatic rings. The third-order valence-corrected chi connectivity index (χ3v) is 4.56. The predicted octanol–water partition coefficient (Wildman–Crippen LogP) is 3.01. The molecule has 0 radical (unpaired) electrons. The van der Waals surface area contributed by atoms with Crippen molar-refractivity contribution in [2.24, 2.45) is 5.41 Å². The number of hydrogen-bond acceptors (Lipinski definition) is 2. The van der Waals surface area contributed by atoms with E-state index < -0.39 is 0 Å². The largest absolute Gasteiger partial charge is 0.303 e. The number of aldehydes is 1. The molecule has 0 aromatic carbocycles. The van der Waals surface area contributed by atoms with Gasteiger partial charge in [0.25, 0.3) is 0 Å². The topological polar surface area (TPSA) is 20.3 Å². The van der Waals surface area contributed by atoms with Gasteiger partial charge in [0.15, 0.2) is 0 Å². The van der Waals surface area contributed by atoms with E-state index in [4.69, 9.17) is 0 Å². The van der Waals surface area contributed by atoms with E-state index in [1.165, 1.54) is 51.4 Å². The van der Waals surface area contributed by atoms with E-state index in [9.17, 15) is 4.79 Å². The summed E-state index contributed by atoms with van der Waals surface area (Å²) in [5.41, 5.74) is -0.00486. The SMILES string of the molecule is CC1CCCN1CC1(C=O)CCCCCC1. The lowest BCUT2D eigenvalue weighted by Gasteiger charge is -2.33. The van der Waals surface area contributed by atoms with Gasteiger partial charge < -0.3 is 4.79 Å². The van der Waals surface area contributed by atoms with Crippen LogP contribution in [0.5, 0.6) is 0 Å². The smallest absolute Gasteiger partial charge is 0.127 e. The molecule has 1 saturated carbocycles. The van der Waals surface area contributed by atoms with Crippen molar-refractivity contribution in [3.63, 3.8) is 0 Å². The van der Waals surface area contributed by atoms with Gasteiger partial charge in [0.2, 0.25) is 0 Å². The number of nitrogens with zero attached hydrogens (tertiary/aromatic N) is 1. The Bertz CT molecular complexity index is 231. The molecular weight excluding hydrogens is 198 g/mol. The summed E-state index contributed by atoms with van der Waals surface area (Å²) in [4.78, 5) is 14.0. The van der Waals surface area contributed by atoms with Crippen LogP contribution in [0.3, 0.4) is 0 Å². The average molecular weight is 223 g/mol. The second-order valence-corrected chi connectivity index (χ2v) is 5.86. The van der Waals surface area contributed by atoms with Crippen LogP contribution >= 0.6 is 0 Å². The van der Waals surface area contributed by atoms with Gasteiger partial charge >= 0.3 is 0 Å². The molecule has 0 aromatic heterocycles. The molecule has 1 aliphatic carbocycles. The minimum atomic E-state index is -0.00486. The fourth-order valence-corrected chi connectivity index (χ4v) is 3.38. The van der Waals surface area contributed by atoms with Gasteiger partial charge in [0.1, 0.15) is 6.29 Å².